The van der Waals surface area contributed by atoms with Gasteiger partial charge in [0.15, 0.2) is 0 Å². The molecule has 1 nitrogen and oxygen atoms in total. The van der Waals surface area contributed by atoms with E-state index in [0.717, 1.165) is 21.5 Å². The third-order valence-electron chi connectivity index (χ3n) is 3.84. The van der Waals surface area contributed by atoms with Crippen LogP contribution in [0.3, 0.4) is 0 Å². The number of halogens is 4. The van der Waals surface area contributed by atoms with Crippen molar-refractivity contribution in [1.82, 2.24) is 0 Å². The molecule has 1 aliphatic rings. The Morgan fingerprint density at radius 1 is 0.905 bits per heavy atom. The lowest BCUT2D eigenvalue weighted by Crippen LogP contribution is -2.49. The first kappa shape index (κ1) is 14.1. The summed E-state index contributed by atoms with van der Waals surface area (Å²) in [6.07, 6.45) is -4.71. The van der Waals surface area contributed by atoms with E-state index in [4.69, 9.17) is 0 Å². The minimum Gasteiger partial charge on any atom is -0.406 e. The van der Waals surface area contributed by atoms with Gasteiger partial charge in [0.2, 0.25) is 0 Å². The average Bonchev–Trinajstić information content (AvgIpc) is 2.56. The van der Waals surface area contributed by atoms with Crippen molar-refractivity contribution in [3.8, 4) is 16.9 Å². The van der Waals surface area contributed by atoms with Crippen molar-refractivity contribution < 1.29 is 22.3 Å². The van der Waals surface area contributed by atoms with Gasteiger partial charge in [-0.25, -0.2) is 4.39 Å². The molecule has 0 unspecified atom stereocenters. The number of alkyl halides is 3. The van der Waals surface area contributed by atoms with Crippen LogP contribution in [0.25, 0.3) is 11.1 Å². The van der Waals surface area contributed by atoms with Crippen LogP contribution < -0.4 is 15.1 Å². The molecule has 0 spiro atoms. The number of fused-ring (bicyclic) bond motifs is 3. The number of benzene rings is 2. The van der Waals surface area contributed by atoms with Crippen molar-refractivity contribution in [2.45, 2.75) is 19.5 Å². The maximum Gasteiger partial charge on any atom is 0.573 e. The minimum absolute atomic E-state index is 0.227. The Balaban J connectivity index is 2.14. The van der Waals surface area contributed by atoms with Crippen LogP contribution in [-0.4, -0.2) is 14.4 Å². The summed E-state index contributed by atoms with van der Waals surface area (Å²) in [5.41, 5.74) is 1.58. The maximum atomic E-state index is 13.5. The summed E-state index contributed by atoms with van der Waals surface area (Å²) in [5, 5.41) is 1.87. The maximum absolute atomic E-state index is 13.5. The van der Waals surface area contributed by atoms with Gasteiger partial charge in [-0.2, -0.15) is 0 Å². The molecule has 0 aromatic heterocycles. The van der Waals surface area contributed by atoms with Gasteiger partial charge in [0.1, 0.15) is 19.6 Å². The Morgan fingerprint density at radius 2 is 1.62 bits per heavy atom. The Bertz CT molecular complexity index is 722. The van der Waals surface area contributed by atoms with E-state index in [1.807, 2.05) is 13.1 Å². The molecule has 6 heteroatoms. The topological polar surface area (TPSA) is 9.23 Å². The van der Waals surface area contributed by atoms with Crippen LogP contribution in [0.5, 0.6) is 5.75 Å². The van der Waals surface area contributed by atoms with Gasteiger partial charge in [0, 0.05) is 0 Å². The van der Waals surface area contributed by atoms with Crippen molar-refractivity contribution in [2.75, 3.05) is 0 Å². The van der Waals surface area contributed by atoms with Crippen LogP contribution in [0.15, 0.2) is 36.4 Å². The van der Waals surface area contributed by atoms with Gasteiger partial charge in [0.25, 0.3) is 0 Å². The Labute approximate surface area is 120 Å². The highest BCUT2D eigenvalue weighted by atomic mass is 28.3. The first-order valence-corrected chi connectivity index (χ1v) is 9.39. The van der Waals surface area contributed by atoms with Gasteiger partial charge in [0.05, 0.1) is 0 Å². The molecule has 1 aliphatic heterocycles. The second-order valence-electron chi connectivity index (χ2n) is 5.57. The lowest BCUT2D eigenvalue weighted by atomic mass is 10.1. The first-order valence-electron chi connectivity index (χ1n) is 6.39. The van der Waals surface area contributed by atoms with Crippen LogP contribution in [0.1, 0.15) is 0 Å². The third-order valence-corrected chi connectivity index (χ3v) is 7.39. The zero-order valence-corrected chi connectivity index (χ0v) is 12.4. The van der Waals surface area contributed by atoms with Crippen LogP contribution in [0, 0.1) is 5.82 Å². The second kappa shape index (κ2) is 4.33. The molecule has 0 N–H and O–H groups in total. The molecule has 0 atom stereocenters. The summed E-state index contributed by atoms with van der Waals surface area (Å²) < 4.78 is 54.5. The molecular weight excluding hydrogens is 300 g/mol. The number of hydrogen-bond acceptors (Lipinski definition) is 1. The van der Waals surface area contributed by atoms with Crippen LogP contribution in [-0.2, 0) is 0 Å². The molecule has 21 heavy (non-hydrogen) atoms. The Morgan fingerprint density at radius 3 is 2.29 bits per heavy atom. The standard InChI is InChI=1S/C15H12F4OSi/c1-21(2)13-6-3-9(16)7-12(13)11-5-4-10(8-14(11)21)20-15(17,18)19/h3-8H,1-2H3. The average molecular weight is 312 g/mol. The number of ether oxygens (including phenoxy) is 1. The predicted octanol–water partition coefficient (Wildman–Crippen LogP) is 3.53. The van der Waals surface area contributed by atoms with E-state index in [1.165, 1.54) is 24.3 Å². The summed E-state index contributed by atoms with van der Waals surface area (Å²) >= 11 is 0. The highest BCUT2D eigenvalue weighted by Gasteiger charge is 2.39. The molecule has 0 saturated carbocycles. The lowest BCUT2D eigenvalue weighted by Gasteiger charge is -2.19. The van der Waals surface area contributed by atoms with Gasteiger partial charge in [-0.05, 0) is 45.8 Å². The van der Waals surface area contributed by atoms with Crippen LogP contribution in [0.4, 0.5) is 17.6 Å². The van der Waals surface area contributed by atoms with Crippen molar-refractivity contribution in [3.63, 3.8) is 0 Å². The van der Waals surface area contributed by atoms with E-state index < -0.39 is 14.4 Å². The lowest BCUT2D eigenvalue weighted by molar-refractivity contribution is -0.274. The fraction of sp³-hybridized carbons (Fsp3) is 0.200. The SMILES string of the molecule is C[Si]1(C)c2ccc(F)cc2-c2ccc(OC(F)(F)F)cc21. The fourth-order valence-electron chi connectivity index (χ4n) is 2.90. The molecular formula is C15H12F4OSi. The molecule has 0 saturated heterocycles. The van der Waals surface area contributed by atoms with Crippen molar-refractivity contribution >= 4 is 18.4 Å². The van der Waals surface area contributed by atoms with Gasteiger partial charge < -0.3 is 4.74 Å². The zero-order chi connectivity index (χ0) is 15.4. The van der Waals surface area contributed by atoms with Crippen molar-refractivity contribution in [2.24, 2.45) is 0 Å². The van der Waals surface area contributed by atoms with E-state index in [9.17, 15) is 17.6 Å². The third kappa shape index (κ3) is 2.33. The summed E-state index contributed by atoms with van der Waals surface area (Å²) in [6.45, 7) is 4.07. The molecule has 2 aromatic rings. The molecule has 2 aromatic carbocycles. The summed E-state index contributed by atoms with van der Waals surface area (Å²) in [4.78, 5) is 0. The summed E-state index contributed by atoms with van der Waals surface area (Å²) in [7, 11) is -2.13. The molecule has 110 valence electrons. The van der Waals surface area contributed by atoms with Crippen molar-refractivity contribution in [1.29, 1.82) is 0 Å². The Hall–Kier alpha value is -1.82. The predicted molar refractivity (Wildman–Crippen MR) is 75.3 cm³/mol. The molecule has 0 fully saturated rings. The molecule has 3 rings (SSSR count). The summed E-state index contributed by atoms with van der Waals surface area (Å²) in [5.74, 6) is -0.572. The van der Waals surface area contributed by atoms with E-state index in [-0.39, 0.29) is 11.6 Å². The van der Waals surface area contributed by atoms with Gasteiger partial charge >= 0.3 is 6.36 Å². The largest absolute Gasteiger partial charge is 0.573 e. The van der Waals surface area contributed by atoms with Crippen LogP contribution in [0.2, 0.25) is 13.1 Å². The Kier molecular flexibility index (Phi) is 2.92. The van der Waals surface area contributed by atoms with Crippen molar-refractivity contribution in [3.05, 3.63) is 42.2 Å². The van der Waals surface area contributed by atoms with E-state index >= 15 is 0 Å². The summed E-state index contributed by atoms with van der Waals surface area (Å²) in [6, 6.07) is 8.87. The molecule has 0 aliphatic carbocycles. The quantitative estimate of drug-likeness (QED) is 0.578. The van der Waals surface area contributed by atoms with Gasteiger partial charge in [-0.1, -0.05) is 25.2 Å². The molecule has 0 amide bonds. The van der Waals surface area contributed by atoms with E-state index in [0.29, 0.717) is 0 Å². The van der Waals surface area contributed by atoms with Gasteiger partial charge in [-0.3, -0.25) is 0 Å². The first-order chi connectivity index (χ1) is 9.68. The van der Waals surface area contributed by atoms with E-state index in [1.54, 1.807) is 12.1 Å². The normalized spacial score (nSPS) is 15.5. The smallest absolute Gasteiger partial charge is 0.406 e. The molecule has 0 bridgehead atoms. The monoisotopic (exact) mass is 312 g/mol. The number of rotatable bonds is 1. The fourth-order valence-corrected chi connectivity index (χ4v) is 5.97. The van der Waals surface area contributed by atoms with E-state index in [2.05, 4.69) is 4.74 Å². The second-order valence-corrected chi connectivity index (χ2v) is 9.90. The molecule has 1 heterocycles. The zero-order valence-electron chi connectivity index (χ0n) is 11.4. The minimum atomic E-state index is -4.71. The van der Waals surface area contributed by atoms with Crippen LogP contribution >= 0.6 is 0 Å². The highest BCUT2D eigenvalue weighted by molar-refractivity contribution is 7.03. The highest BCUT2D eigenvalue weighted by Crippen LogP contribution is 2.32. The number of hydrogen-bond donors (Lipinski definition) is 0. The molecule has 0 radical (unpaired) electrons. The van der Waals surface area contributed by atoms with Gasteiger partial charge in [-0.15, -0.1) is 13.2 Å².